The Morgan fingerprint density at radius 2 is 1.82 bits per heavy atom. The highest BCUT2D eigenvalue weighted by atomic mass is 19.1. The summed E-state index contributed by atoms with van der Waals surface area (Å²) in [6, 6.07) is 9.71. The normalized spacial score (nSPS) is 16.5. The van der Waals surface area contributed by atoms with Crippen molar-refractivity contribution in [3.05, 3.63) is 71.3 Å². The molecule has 3 rings (SSSR count). The number of benzene rings is 2. The van der Waals surface area contributed by atoms with Crippen molar-refractivity contribution >= 4 is 23.8 Å². The second-order valence-electron chi connectivity index (χ2n) is 9.40. The third-order valence-corrected chi connectivity index (χ3v) is 6.49. The summed E-state index contributed by atoms with van der Waals surface area (Å²) in [5.74, 6) is -3.30. The SMILES string of the molecule is C[C@H]1N([C@@H](CC(=O)O)C(=O)N(C)CCOCc2ccccc2F)C(=O)CN(C)N1C(=O)NCc1ccc(F)cc1. The lowest BCUT2D eigenvalue weighted by molar-refractivity contribution is -0.173. The van der Waals surface area contributed by atoms with Crippen molar-refractivity contribution in [2.75, 3.05) is 33.8 Å². The molecule has 2 atom stereocenters. The Balaban J connectivity index is 1.68. The van der Waals surface area contributed by atoms with Gasteiger partial charge in [0.2, 0.25) is 11.8 Å². The van der Waals surface area contributed by atoms with Gasteiger partial charge in [0.05, 0.1) is 26.2 Å². The van der Waals surface area contributed by atoms with Gasteiger partial charge in [0, 0.05) is 32.7 Å². The number of amides is 4. The lowest BCUT2D eigenvalue weighted by atomic mass is 10.1. The molecule has 0 spiro atoms. The van der Waals surface area contributed by atoms with E-state index in [0.29, 0.717) is 11.1 Å². The van der Waals surface area contributed by atoms with Crippen molar-refractivity contribution in [3.63, 3.8) is 0 Å². The maximum atomic E-state index is 13.8. The number of halogens is 2. The lowest BCUT2D eigenvalue weighted by Crippen LogP contribution is -2.69. The predicted octanol–water partition coefficient (Wildman–Crippen LogP) is 2.03. The molecular weight excluding hydrogens is 528 g/mol. The summed E-state index contributed by atoms with van der Waals surface area (Å²) in [6.07, 6.45) is -1.68. The van der Waals surface area contributed by atoms with Crippen LogP contribution in [0.4, 0.5) is 13.6 Å². The zero-order valence-electron chi connectivity index (χ0n) is 22.5. The fourth-order valence-electron chi connectivity index (χ4n) is 4.42. The van der Waals surface area contributed by atoms with Gasteiger partial charge >= 0.3 is 12.0 Å². The van der Waals surface area contributed by atoms with E-state index in [9.17, 15) is 33.1 Å². The Bertz CT molecular complexity index is 1210. The fraction of sp³-hybridized carbons (Fsp3) is 0.407. The van der Waals surface area contributed by atoms with E-state index in [4.69, 9.17) is 4.74 Å². The Hall–Kier alpha value is -4.10. The highest BCUT2D eigenvalue weighted by Crippen LogP contribution is 2.22. The van der Waals surface area contributed by atoms with E-state index in [1.54, 1.807) is 18.2 Å². The molecule has 11 nitrogen and oxygen atoms in total. The van der Waals surface area contributed by atoms with Crippen LogP contribution in [0.5, 0.6) is 0 Å². The number of carbonyl (C=O) groups excluding carboxylic acids is 3. The lowest BCUT2D eigenvalue weighted by Gasteiger charge is -2.48. The molecule has 0 bridgehead atoms. The summed E-state index contributed by atoms with van der Waals surface area (Å²) in [7, 11) is 2.97. The number of nitrogens with zero attached hydrogens (tertiary/aromatic N) is 4. The average Bonchev–Trinajstić information content (AvgIpc) is 2.90. The second-order valence-corrected chi connectivity index (χ2v) is 9.40. The molecule has 4 amide bonds. The fourth-order valence-corrected chi connectivity index (χ4v) is 4.42. The predicted molar refractivity (Wildman–Crippen MR) is 139 cm³/mol. The number of rotatable bonds is 11. The monoisotopic (exact) mass is 561 g/mol. The summed E-state index contributed by atoms with van der Waals surface area (Å²) in [6.45, 7) is 1.42. The second kappa shape index (κ2) is 13.8. The van der Waals surface area contributed by atoms with Crippen molar-refractivity contribution in [1.82, 2.24) is 25.1 Å². The number of nitrogens with one attached hydrogen (secondary N) is 1. The summed E-state index contributed by atoms with van der Waals surface area (Å²) < 4.78 is 32.5. The van der Waals surface area contributed by atoms with Crippen LogP contribution in [0, 0.1) is 11.6 Å². The van der Waals surface area contributed by atoms with Crippen LogP contribution in [0.1, 0.15) is 24.5 Å². The Labute approximate surface area is 230 Å². The van der Waals surface area contributed by atoms with Crippen molar-refractivity contribution in [2.45, 2.75) is 38.7 Å². The number of ether oxygens (including phenoxy) is 1. The largest absolute Gasteiger partial charge is 0.481 e. The van der Waals surface area contributed by atoms with Crippen LogP contribution in [0.3, 0.4) is 0 Å². The molecule has 13 heteroatoms. The number of carbonyl (C=O) groups is 4. The number of carboxylic acid groups (broad SMARTS) is 1. The van der Waals surface area contributed by atoms with Gasteiger partial charge in [-0.2, -0.15) is 0 Å². The van der Waals surface area contributed by atoms with Gasteiger partial charge in [-0.3, -0.25) is 14.4 Å². The van der Waals surface area contributed by atoms with Crippen molar-refractivity contribution in [1.29, 1.82) is 0 Å². The standard InChI is InChI=1S/C27H33F2N5O6/c1-18-33(24(35)16-32(3)34(18)27(39)30-15-19-8-10-21(28)11-9-19)23(14-25(36)37)26(38)31(2)12-13-40-17-20-6-4-5-7-22(20)29/h4-11,18,23H,12-17H2,1-3H3,(H,30,39)(H,36,37)/t18-,23-/m0/s1. The molecule has 2 N–H and O–H groups in total. The van der Waals surface area contributed by atoms with Crippen LogP contribution in [-0.2, 0) is 32.3 Å². The molecule has 2 aromatic rings. The molecule has 0 unspecified atom stereocenters. The molecule has 1 saturated heterocycles. The first-order valence-electron chi connectivity index (χ1n) is 12.6. The van der Waals surface area contributed by atoms with E-state index in [-0.39, 0.29) is 32.8 Å². The van der Waals surface area contributed by atoms with Gasteiger partial charge in [-0.15, -0.1) is 0 Å². The van der Waals surface area contributed by atoms with E-state index in [1.807, 2.05) is 0 Å². The number of aliphatic carboxylic acids is 1. The van der Waals surface area contributed by atoms with E-state index < -0.39 is 54.1 Å². The Kier molecular flexibility index (Phi) is 10.5. The maximum absolute atomic E-state index is 13.8. The number of hydrazine groups is 1. The Morgan fingerprint density at radius 3 is 2.48 bits per heavy atom. The minimum Gasteiger partial charge on any atom is -0.481 e. The molecule has 0 saturated carbocycles. The van der Waals surface area contributed by atoms with Crippen LogP contribution in [0.2, 0.25) is 0 Å². The van der Waals surface area contributed by atoms with Crippen LogP contribution < -0.4 is 5.32 Å². The number of hydrogen-bond acceptors (Lipinski definition) is 6. The number of likely N-dealkylation sites (N-methyl/N-ethyl adjacent to an activating group) is 2. The van der Waals surface area contributed by atoms with Gasteiger partial charge in [-0.1, -0.05) is 30.3 Å². The summed E-state index contributed by atoms with van der Waals surface area (Å²) >= 11 is 0. The van der Waals surface area contributed by atoms with Crippen LogP contribution in [0.25, 0.3) is 0 Å². The number of urea groups is 1. The smallest absolute Gasteiger partial charge is 0.334 e. The molecule has 1 aliphatic rings. The summed E-state index contributed by atoms with van der Waals surface area (Å²) in [5, 5.41) is 14.8. The molecule has 0 aromatic heterocycles. The summed E-state index contributed by atoms with van der Waals surface area (Å²) in [5.41, 5.74) is 1.00. The van der Waals surface area contributed by atoms with Gasteiger partial charge < -0.3 is 25.0 Å². The number of carboxylic acids is 1. The van der Waals surface area contributed by atoms with Gasteiger partial charge in [0.15, 0.2) is 0 Å². The molecule has 2 aromatic carbocycles. The van der Waals surface area contributed by atoms with Crippen molar-refractivity contribution in [2.24, 2.45) is 0 Å². The van der Waals surface area contributed by atoms with Crippen molar-refractivity contribution in [3.8, 4) is 0 Å². The first-order chi connectivity index (χ1) is 19.0. The molecule has 40 heavy (non-hydrogen) atoms. The molecule has 0 aliphatic carbocycles. The van der Waals surface area contributed by atoms with Gasteiger partial charge in [0.1, 0.15) is 23.8 Å². The minimum absolute atomic E-state index is 0.0107. The van der Waals surface area contributed by atoms with E-state index >= 15 is 0 Å². The highest BCUT2D eigenvalue weighted by molar-refractivity contribution is 5.92. The molecule has 0 radical (unpaired) electrons. The van der Waals surface area contributed by atoms with E-state index in [0.717, 1.165) is 4.90 Å². The molecule has 1 fully saturated rings. The first-order valence-corrected chi connectivity index (χ1v) is 12.6. The zero-order valence-corrected chi connectivity index (χ0v) is 22.5. The first kappa shape index (κ1) is 30.4. The third-order valence-electron chi connectivity index (χ3n) is 6.49. The molecule has 216 valence electrons. The van der Waals surface area contributed by atoms with E-state index in [1.165, 1.54) is 66.3 Å². The topological polar surface area (TPSA) is 123 Å². The van der Waals surface area contributed by atoms with E-state index in [2.05, 4.69) is 5.32 Å². The maximum Gasteiger partial charge on any atom is 0.334 e. The highest BCUT2D eigenvalue weighted by Gasteiger charge is 2.44. The number of hydrogen-bond donors (Lipinski definition) is 2. The van der Waals surface area contributed by atoms with Gasteiger partial charge in [0.25, 0.3) is 0 Å². The molecule has 1 aliphatic heterocycles. The molecule has 1 heterocycles. The van der Waals surface area contributed by atoms with Crippen LogP contribution >= 0.6 is 0 Å². The third kappa shape index (κ3) is 7.73. The Morgan fingerprint density at radius 1 is 1.15 bits per heavy atom. The zero-order chi connectivity index (χ0) is 29.4. The van der Waals surface area contributed by atoms with Crippen LogP contribution in [-0.4, -0.2) is 94.7 Å². The van der Waals surface area contributed by atoms with Crippen molar-refractivity contribution < 1.29 is 37.8 Å². The van der Waals surface area contributed by atoms with Gasteiger partial charge in [-0.05, 0) is 30.7 Å². The summed E-state index contributed by atoms with van der Waals surface area (Å²) in [4.78, 5) is 53.6. The van der Waals surface area contributed by atoms with Gasteiger partial charge in [-0.25, -0.2) is 23.6 Å². The minimum atomic E-state index is -1.39. The quantitative estimate of drug-likeness (QED) is 0.403. The average molecular weight is 562 g/mol. The molecular formula is C27H33F2N5O6. The van der Waals surface area contributed by atoms with Crippen LogP contribution in [0.15, 0.2) is 48.5 Å².